The van der Waals surface area contributed by atoms with Crippen molar-refractivity contribution in [3.8, 4) is 17.1 Å². The van der Waals surface area contributed by atoms with Crippen LogP contribution in [0.15, 0.2) is 79.0 Å². The second-order valence-corrected chi connectivity index (χ2v) is 9.03. The molecule has 35 heavy (non-hydrogen) atoms. The van der Waals surface area contributed by atoms with E-state index in [2.05, 4.69) is 24.3 Å². The van der Waals surface area contributed by atoms with Crippen LogP contribution in [-0.2, 0) is 13.5 Å². The smallest absolute Gasteiger partial charge is 0.272 e. The number of carbonyl (C=O) groups is 1. The van der Waals surface area contributed by atoms with Gasteiger partial charge in [0, 0.05) is 38.5 Å². The minimum Gasteiger partial charge on any atom is -0.349 e. The van der Waals surface area contributed by atoms with E-state index >= 15 is 0 Å². The fraction of sp³-hybridized carbons (Fsp3) is 0.259. The van der Waals surface area contributed by atoms with Crippen LogP contribution >= 0.6 is 0 Å². The van der Waals surface area contributed by atoms with Crippen LogP contribution in [0.5, 0.6) is 0 Å². The number of carbonyl (C=O) groups excluding carboxylic acids is 1. The number of aryl methyl sites for hydroxylation is 1. The predicted molar refractivity (Wildman–Crippen MR) is 133 cm³/mol. The Hall–Kier alpha value is -4.20. The van der Waals surface area contributed by atoms with Gasteiger partial charge in [-0.25, -0.2) is 4.68 Å². The van der Waals surface area contributed by atoms with Gasteiger partial charge in [-0.1, -0.05) is 36.4 Å². The van der Waals surface area contributed by atoms with Crippen molar-refractivity contribution in [3.05, 3.63) is 100 Å². The molecule has 5 rings (SSSR count). The van der Waals surface area contributed by atoms with Gasteiger partial charge in [-0.15, -0.1) is 0 Å². The number of piperidine rings is 1. The molecular weight excluding hydrogens is 442 g/mol. The lowest BCUT2D eigenvalue weighted by molar-refractivity contribution is -0.384. The molecule has 4 aromatic rings. The van der Waals surface area contributed by atoms with Gasteiger partial charge in [-0.05, 0) is 55.0 Å². The third-order valence-electron chi connectivity index (χ3n) is 6.69. The monoisotopic (exact) mass is 469 g/mol. The van der Waals surface area contributed by atoms with E-state index in [0.29, 0.717) is 36.1 Å². The third-order valence-corrected chi connectivity index (χ3v) is 6.69. The maximum atomic E-state index is 13.7. The molecule has 8 nitrogen and oxygen atoms in total. The zero-order valence-corrected chi connectivity index (χ0v) is 19.6. The van der Waals surface area contributed by atoms with Gasteiger partial charge in [0.05, 0.1) is 16.3 Å². The minimum absolute atomic E-state index is 0.0430. The van der Waals surface area contributed by atoms with Crippen LogP contribution in [0.2, 0.25) is 0 Å². The molecule has 1 aliphatic heterocycles. The summed E-state index contributed by atoms with van der Waals surface area (Å²) in [4.78, 5) is 26.5. The van der Waals surface area contributed by atoms with Crippen molar-refractivity contribution in [2.45, 2.75) is 19.3 Å². The van der Waals surface area contributed by atoms with Crippen molar-refractivity contribution in [3.63, 3.8) is 0 Å². The van der Waals surface area contributed by atoms with Gasteiger partial charge >= 0.3 is 0 Å². The van der Waals surface area contributed by atoms with E-state index < -0.39 is 4.92 Å². The van der Waals surface area contributed by atoms with E-state index in [9.17, 15) is 14.9 Å². The molecule has 8 heteroatoms. The zero-order chi connectivity index (χ0) is 24.4. The van der Waals surface area contributed by atoms with Crippen LogP contribution in [0.3, 0.4) is 0 Å². The number of nitrogens with zero attached hydrogens (tertiary/aromatic N) is 5. The molecular formula is C27H27N5O3. The number of nitro benzene ring substituents is 1. The van der Waals surface area contributed by atoms with Gasteiger partial charge in [0.15, 0.2) is 0 Å². The number of hydrogen-bond acceptors (Lipinski definition) is 4. The molecule has 0 spiro atoms. The summed E-state index contributed by atoms with van der Waals surface area (Å²) in [5.41, 5.74) is 3.69. The summed E-state index contributed by atoms with van der Waals surface area (Å²) in [5, 5.41) is 16.0. The van der Waals surface area contributed by atoms with Crippen LogP contribution in [0.1, 0.15) is 28.9 Å². The van der Waals surface area contributed by atoms with Crippen molar-refractivity contribution in [2.24, 2.45) is 13.0 Å². The number of non-ortho nitro benzene ring substituents is 1. The summed E-state index contributed by atoms with van der Waals surface area (Å²) in [6.07, 6.45) is 4.82. The lowest BCUT2D eigenvalue weighted by Crippen LogP contribution is -2.39. The Morgan fingerprint density at radius 3 is 2.49 bits per heavy atom. The molecule has 0 aliphatic carbocycles. The molecule has 0 bridgehead atoms. The lowest BCUT2D eigenvalue weighted by Gasteiger charge is -2.32. The molecule has 1 saturated heterocycles. The molecule has 1 aliphatic rings. The molecule has 1 fully saturated rings. The van der Waals surface area contributed by atoms with E-state index in [1.165, 1.54) is 22.4 Å². The van der Waals surface area contributed by atoms with E-state index in [1.807, 2.05) is 40.9 Å². The zero-order valence-electron chi connectivity index (χ0n) is 19.6. The van der Waals surface area contributed by atoms with E-state index in [0.717, 1.165) is 25.0 Å². The number of likely N-dealkylation sites (tertiary alicyclic amines) is 1. The summed E-state index contributed by atoms with van der Waals surface area (Å²) in [6.45, 7) is 1.35. The van der Waals surface area contributed by atoms with Crippen LogP contribution in [0.25, 0.3) is 17.1 Å². The molecule has 0 N–H and O–H groups in total. The average molecular weight is 470 g/mol. The van der Waals surface area contributed by atoms with Gasteiger partial charge in [-0.2, -0.15) is 5.10 Å². The SMILES string of the molecule is Cn1cccc1-c1cc(C(=O)N2CCC(Cc3ccccc3)CC2)n(-c2cccc([N+](=O)[O-])c2)n1. The first-order chi connectivity index (χ1) is 17.0. The average Bonchev–Trinajstić information content (AvgIpc) is 3.51. The molecule has 3 heterocycles. The third kappa shape index (κ3) is 4.73. The van der Waals surface area contributed by atoms with E-state index in [4.69, 9.17) is 5.10 Å². The number of benzene rings is 2. The fourth-order valence-corrected chi connectivity index (χ4v) is 4.77. The highest BCUT2D eigenvalue weighted by molar-refractivity contribution is 5.94. The van der Waals surface area contributed by atoms with Gasteiger partial charge in [0.25, 0.3) is 11.6 Å². The quantitative estimate of drug-likeness (QED) is 0.297. The second-order valence-electron chi connectivity index (χ2n) is 9.03. The van der Waals surface area contributed by atoms with Gasteiger partial charge < -0.3 is 9.47 Å². The van der Waals surface area contributed by atoms with Crippen molar-refractivity contribution < 1.29 is 9.72 Å². The van der Waals surface area contributed by atoms with Crippen molar-refractivity contribution in [1.82, 2.24) is 19.2 Å². The van der Waals surface area contributed by atoms with Gasteiger partial charge in [-0.3, -0.25) is 14.9 Å². The number of nitro groups is 1. The maximum Gasteiger partial charge on any atom is 0.272 e. The topological polar surface area (TPSA) is 86.2 Å². The van der Waals surface area contributed by atoms with Crippen LogP contribution in [0.4, 0.5) is 5.69 Å². The van der Waals surface area contributed by atoms with Crippen LogP contribution < -0.4 is 0 Å². The normalized spacial score (nSPS) is 14.3. The Bertz CT molecular complexity index is 1350. The van der Waals surface area contributed by atoms with E-state index in [1.54, 1.807) is 18.2 Å². The molecule has 0 atom stereocenters. The molecule has 1 amide bonds. The maximum absolute atomic E-state index is 13.7. The van der Waals surface area contributed by atoms with Crippen molar-refractivity contribution >= 4 is 11.6 Å². The highest BCUT2D eigenvalue weighted by Gasteiger charge is 2.28. The predicted octanol–water partition coefficient (Wildman–Crippen LogP) is 4.88. The number of rotatable bonds is 6. The highest BCUT2D eigenvalue weighted by atomic mass is 16.6. The Morgan fingerprint density at radius 1 is 1.03 bits per heavy atom. The summed E-state index contributed by atoms with van der Waals surface area (Å²) in [6, 6.07) is 22.3. The van der Waals surface area contributed by atoms with Gasteiger partial charge in [0.1, 0.15) is 11.4 Å². The number of aromatic nitrogens is 3. The molecule has 0 saturated carbocycles. The molecule has 2 aromatic carbocycles. The van der Waals surface area contributed by atoms with Crippen molar-refractivity contribution in [1.29, 1.82) is 0 Å². The van der Waals surface area contributed by atoms with Crippen LogP contribution in [-0.4, -0.2) is 43.2 Å². The Morgan fingerprint density at radius 2 is 1.80 bits per heavy atom. The lowest BCUT2D eigenvalue weighted by atomic mass is 9.90. The number of amides is 1. The standard InChI is InChI=1S/C27H27N5O3/c1-29-14-6-11-25(29)24-19-26(31(28-24)22-9-5-10-23(18-22)32(34)35)27(33)30-15-12-21(13-16-30)17-20-7-3-2-4-8-20/h2-11,14,18-19,21H,12-13,15-17H2,1H3. The van der Waals surface area contributed by atoms with Crippen molar-refractivity contribution in [2.75, 3.05) is 13.1 Å². The molecule has 178 valence electrons. The van der Waals surface area contributed by atoms with E-state index in [-0.39, 0.29) is 11.6 Å². The molecule has 2 aromatic heterocycles. The highest BCUT2D eigenvalue weighted by Crippen LogP contribution is 2.27. The molecule has 0 unspecified atom stereocenters. The molecule has 0 radical (unpaired) electrons. The largest absolute Gasteiger partial charge is 0.349 e. The summed E-state index contributed by atoms with van der Waals surface area (Å²) in [5.74, 6) is 0.435. The summed E-state index contributed by atoms with van der Waals surface area (Å²) in [7, 11) is 1.92. The summed E-state index contributed by atoms with van der Waals surface area (Å²) >= 11 is 0. The summed E-state index contributed by atoms with van der Waals surface area (Å²) < 4.78 is 3.47. The first kappa shape index (κ1) is 22.6. The first-order valence-electron chi connectivity index (χ1n) is 11.8. The fourth-order valence-electron chi connectivity index (χ4n) is 4.77. The Balaban J connectivity index is 1.42. The minimum atomic E-state index is -0.440. The second kappa shape index (κ2) is 9.58. The Kier molecular flexibility index (Phi) is 6.18. The first-order valence-corrected chi connectivity index (χ1v) is 11.8. The van der Waals surface area contributed by atoms with Crippen LogP contribution in [0, 0.1) is 16.0 Å². The number of hydrogen-bond donors (Lipinski definition) is 0. The Labute approximate surface area is 203 Å². The van der Waals surface area contributed by atoms with Gasteiger partial charge in [0.2, 0.25) is 0 Å².